The summed E-state index contributed by atoms with van der Waals surface area (Å²) in [6.07, 6.45) is 1.74. The van der Waals surface area contributed by atoms with Gasteiger partial charge in [0.05, 0.1) is 13.7 Å². The molecule has 1 aromatic rings. The van der Waals surface area contributed by atoms with E-state index in [1.807, 2.05) is 24.3 Å². The first-order valence-corrected chi connectivity index (χ1v) is 9.45. The van der Waals surface area contributed by atoms with E-state index in [2.05, 4.69) is 31.1 Å². The van der Waals surface area contributed by atoms with E-state index in [4.69, 9.17) is 9.84 Å². The zero-order valence-corrected chi connectivity index (χ0v) is 12.4. The SMILES string of the molecule is COc1ccc(/C(C#C[Si](C)(C)C)=C/CO)cc1. The van der Waals surface area contributed by atoms with Gasteiger partial charge in [-0.3, -0.25) is 0 Å². The van der Waals surface area contributed by atoms with Gasteiger partial charge in [0.2, 0.25) is 0 Å². The van der Waals surface area contributed by atoms with Crippen LogP contribution in [0.2, 0.25) is 19.6 Å². The molecule has 96 valence electrons. The van der Waals surface area contributed by atoms with E-state index in [0.29, 0.717) is 0 Å². The van der Waals surface area contributed by atoms with Gasteiger partial charge in [0, 0.05) is 5.57 Å². The molecular formula is C15H20O2Si. The molecular weight excluding hydrogens is 240 g/mol. The zero-order valence-electron chi connectivity index (χ0n) is 11.4. The van der Waals surface area contributed by atoms with Crippen molar-refractivity contribution in [2.75, 3.05) is 13.7 Å². The molecule has 0 radical (unpaired) electrons. The molecule has 0 amide bonds. The molecule has 0 heterocycles. The van der Waals surface area contributed by atoms with Crippen LogP contribution in [0.1, 0.15) is 5.56 Å². The topological polar surface area (TPSA) is 29.5 Å². The van der Waals surface area contributed by atoms with E-state index < -0.39 is 8.07 Å². The van der Waals surface area contributed by atoms with Crippen molar-refractivity contribution >= 4 is 13.6 Å². The van der Waals surface area contributed by atoms with Gasteiger partial charge in [0.25, 0.3) is 0 Å². The fourth-order valence-corrected chi connectivity index (χ4v) is 1.87. The average molecular weight is 260 g/mol. The third kappa shape index (κ3) is 4.78. The second-order valence-corrected chi connectivity index (χ2v) is 9.78. The molecule has 1 aromatic carbocycles. The lowest BCUT2D eigenvalue weighted by molar-refractivity contribution is 0.343. The summed E-state index contributed by atoms with van der Waals surface area (Å²) in [6.45, 7) is 6.60. The number of benzene rings is 1. The Morgan fingerprint density at radius 3 is 2.33 bits per heavy atom. The van der Waals surface area contributed by atoms with Gasteiger partial charge in [-0.15, -0.1) is 5.54 Å². The first-order valence-electron chi connectivity index (χ1n) is 5.95. The van der Waals surface area contributed by atoms with Crippen molar-refractivity contribution in [2.45, 2.75) is 19.6 Å². The second kappa shape index (κ2) is 6.44. The predicted molar refractivity (Wildman–Crippen MR) is 79.2 cm³/mol. The van der Waals surface area contributed by atoms with Crippen molar-refractivity contribution in [3.63, 3.8) is 0 Å². The first-order chi connectivity index (χ1) is 8.46. The summed E-state index contributed by atoms with van der Waals surface area (Å²) in [5.41, 5.74) is 5.20. The number of methoxy groups -OCH3 is 1. The summed E-state index contributed by atoms with van der Waals surface area (Å²) in [6, 6.07) is 7.71. The molecule has 0 aliphatic heterocycles. The molecule has 0 saturated carbocycles. The Bertz CT molecular complexity index is 470. The van der Waals surface area contributed by atoms with Crippen molar-refractivity contribution < 1.29 is 9.84 Å². The zero-order chi connectivity index (χ0) is 13.6. The number of rotatable bonds is 3. The van der Waals surface area contributed by atoms with Gasteiger partial charge in [-0.05, 0) is 23.8 Å². The van der Waals surface area contributed by atoms with E-state index >= 15 is 0 Å². The molecule has 0 aliphatic carbocycles. The van der Waals surface area contributed by atoms with Crippen LogP contribution in [0.25, 0.3) is 5.57 Å². The molecule has 0 aliphatic rings. The van der Waals surface area contributed by atoms with Crippen LogP contribution in [0.5, 0.6) is 5.75 Å². The largest absolute Gasteiger partial charge is 0.497 e. The minimum absolute atomic E-state index is 0.00173. The molecule has 1 rings (SSSR count). The van der Waals surface area contributed by atoms with Crippen molar-refractivity contribution in [3.05, 3.63) is 35.9 Å². The number of aliphatic hydroxyl groups excluding tert-OH is 1. The van der Waals surface area contributed by atoms with E-state index in [1.54, 1.807) is 13.2 Å². The molecule has 18 heavy (non-hydrogen) atoms. The monoisotopic (exact) mass is 260 g/mol. The van der Waals surface area contributed by atoms with Gasteiger partial charge >= 0.3 is 0 Å². The number of ether oxygens (including phenoxy) is 1. The van der Waals surface area contributed by atoms with Crippen LogP contribution >= 0.6 is 0 Å². The van der Waals surface area contributed by atoms with Crippen LogP contribution in [-0.4, -0.2) is 26.9 Å². The molecule has 2 nitrogen and oxygen atoms in total. The Balaban J connectivity index is 3.04. The lowest BCUT2D eigenvalue weighted by atomic mass is 10.1. The fraction of sp³-hybridized carbons (Fsp3) is 0.333. The Hall–Kier alpha value is -1.50. The molecule has 1 N–H and O–H groups in total. The molecule has 0 saturated heterocycles. The van der Waals surface area contributed by atoms with Gasteiger partial charge in [0.15, 0.2) is 0 Å². The molecule has 0 unspecified atom stereocenters. The Labute approximate surface area is 110 Å². The van der Waals surface area contributed by atoms with Crippen molar-refractivity contribution in [2.24, 2.45) is 0 Å². The predicted octanol–water partition coefficient (Wildman–Crippen LogP) is 2.95. The Kier molecular flexibility index (Phi) is 5.20. The third-order valence-corrected chi connectivity index (χ3v) is 3.14. The maximum Gasteiger partial charge on any atom is 0.129 e. The summed E-state index contributed by atoms with van der Waals surface area (Å²) >= 11 is 0. The van der Waals surface area contributed by atoms with E-state index in [1.165, 1.54) is 0 Å². The highest BCUT2D eigenvalue weighted by molar-refractivity contribution is 6.84. The summed E-state index contributed by atoms with van der Waals surface area (Å²) in [4.78, 5) is 0. The van der Waals surface area contributed by atoms with Crippen LogP contribution in [0, 0.1) is 11.5 Å². The van der Waals surface area contributed by atoms with Crippen molar-refractivity contribution in [3.8, 4) is 17.2 Å². The van der Waals surface area contributed by atoms with Gasteiger partial charge in [-0.1, -0.05) is 37.7 Å². The smallest absolute Gasteiger partial charge is 0.129 e. The Morgan fingerprint density at radius 2 is 1.89 bits per heavy atom. The highest BCUT2D eigenvalue weighted by Gasteiger charge is 2.08. The quantitative estimate of drug-likeness (QED) is 0.669. The maximum absolute atomic E-state index is 9.07. The van der Waals surface area contributed by atoms with Crippen LogP contribution in [0.4, 0.5) is 0 Å². The lowest BCUT2D eigenvalue weighted by Crippen LogP contribution is -2.16. The molecule has 0 bridgehead atoms. The molecule has 0 atom stereocenters. The molecule has 0 spiro atoms. The summed E-state index contributed by atoms with van der Waals surface area (Å²) in [7, 11) is 0.235. The van der Waals surface area contributed by atoms with Gasteiger partial charge in [-0.2, -0.15) is 0 Å². The standard InChI is InChI=1S/C15H20O2Si/c1-17-15-7-5-13(6-8-15)14(9-11-16)10-12-18(2,3)4/h5-9,16H,11H2,1-4H3/b14-9+. The molecule has 0 fully saturated rings. The minimum Gasteiger partial charge on any atom is -0.497 e. The third-order valence-electron chi connectivity index (χ3n) is 2.27. The average Bonchev–Trinajstić information content (AvgIpc) is 2.33. The van der Waals surface area contributed by atoms with Crippen molar-refractivity contribution in [1.29, 1.82) is 0 Å². The maximum atomic E-state index is 9.07. The van der Waals surface area contributed by atoms with Crippen LogP contribution in [0.15, 0.2) is 30.3 Å². The minimum atomic E-state index is -1.41. The van der Waals surface area contributed by atoms with Crippen LogP contribution in [-0.2, 0) is 0 Å². The van der Waals surface area contributed by atoms with Crippen molar-refractivity contribution in [1.82, 2.24) is 0 Å². The highest BCUT2D eigenvalue weighted by Crippen LogP contribution is 2.18. The van der Waals surface area contributed by atoms with Gasteiger partial charge in [0.1, 0.15) is 13.8 Å². The highest BCUT2D eigenvalue weighted by atomic mass is 28.3. The van der Waals surface area contributed by atoms with Crippen LogP contribution in [0.3, 0.4) is 0 Å². The number of allylic oxidation sites excluding steroid dienone is 1. The molecule has 0 aromatic heterocycles. The van der Waals surface area contributed by atoms with Gasteiger partial charge in [-0.25, -0.2) is 0 Å². The van der Waals surface area contributed by atoms with E-state index in [9.17, 15) is 0 Å². The lowest BCUT2D eigenvalue weighted by Gasteiger charge is -2.06. The van der Waals surface area contributed by atoms with E-state index in [-0.39, 0.29) is 6.61 Å². The summed E-state index contributed by atoms with van der Waals surface area (Å²) in [5, 5.41) is 9.07. The van der Waals surface area contributed by atoms with E-state index in [0.717, 1.165) is 16.9 Å². The van der Waals surface area contributed by atoms with Gasteiger partial charge < -0.3 is 9.84 Å². The fourth-order valence-electron chi connectivity index (χ4n) is 1.36. The normalized spacial score (nSPS) is 11.7. The summed E-state index contributed by atoms with van der Waals surface area (Å²) in [5.74, 6) is 4.01. The van der Waals surface area contributed by atoms with Crippen LogP contribution < -0.4 is 4.74 Å². The summed E-state index contributed by atoms with van der Waals surface area (Å²) < 4.78 is 5.13. The first kappa shape index (κ1) is 14.6. The Morgan fingerprint density at radius 1 is 1.28 bits per heavy atom. The second-order valence-electron chi connectivity index (χ2n) is 5.03. The number of hydrogen-bond donors (Lipinski definition) is 1. The number of aliphatic hydroxyl groups is 1. The molecule has 3 heteroatoms. The number of hydrogen-bond acceptors (Lipinski definition) is 2.